The van der Waals surface area contributed by atoms with E-state index in [1.807, 2.05) is 24.3 Å². The van der Waals surface area contributed by atoms with E-state index >= 15 is 0 Å². The Morgan fingerprint density at radius 1 is 1.40 bits per heavy atom. The summed E-state index contributed by atoms with van der Waals surface area (Å²) in [6.45, 7) is 4.72. The Morgan fingerprint density at radius 2 is 2.25 bits per heavy atom. The van der Waals surface area contributed by atoms with Crippen LogP contribution in [0, 0.1) is 5.92 Å². The molecule has 1 aromatic rings. The maximum absolute atomic E-state index is 6.05. The van der Waals surface area contributed by atoms with Gasteiger partial charge in [0.25, 0.3) is 0 Å². The Bertz CT molecular complexity index is 394. The molecule has 0 aromatic heterocycles. The molecule has 2 rings (SSSR count). The molecule has 0 aliphatic carbocycles. The first-order valence-electron chi connectivity index (χ1n) is 7.39. The predicted octanol–water partition coefficient (Wildman–Crippen LogP) is 3.47. The number of halogens is 1. The van der Waals surface area contributed by atoms with Gasteiger partial charge in [-0.15, -0.1) is 0 Å². The van der Waals surface area contributed by atoms with Crippen molar-refractivity contribution in [3.8, 4) is 5.75 Å². The maximum Gasteiger partial charge on any atom is 0.137 e. The monoisotopic (exact) mass is 297 g/mol. The number of hydrogen-bond acceptors (Lipinski definition) is 3. The highest BCUT2D eigenvalue weighted by molar-refractivity contribution is 6.32. The van der Waals surface area contributed by atoms with E-state index in [0.29, 0.717) is 17.5 Å². The summed E-state index contributed by atoms with van der Waals surface area (Å²) in [5.41, 5.74) is 0. The molecule has 0 N–H and O–H groups in total. The highest BCUT2D eigenvalue weighted by atomic mass is 35.5. The average Bonchev–Trinajstić information content (AvgIpc) is 2.46. The van der Waals surface area contributed by atoms with Crippen molar-refractivity contribution in [3.05, 3.63) is 29.3 Å². The first-order valence-corrected chi connectivity index (χ1v) is 7.77. The maximum atomic E-state index is 6.05. The minimum Gasteiger partial charge on any atom is -0.492 e. The molecule has 0 unspecified atom stereocenters. The second-order valence-electron chi connectivity index (χ2n) is 5.48. The Morgan fingerprint density at radius 3 is 3.00 bits per heavy atom. The zero-order valence-corrected chi connectivity index (χ0v) is 12.9. The lowest BCUT2D eigenvalue weighted by molar-refractivity contribution is 0.0415. The summed E-state index contributed by atoms with van der Waals surface area (Å²) in [5, 5.41) is 0.681. The summed E-state index contributed by atoms with van der Waals surface area (Å²) in [7, 11) is 2.17. The Labute approximate surface area is 126 Å². The highest BCUT2D eigenvalue weighted by Gasteiger charge is 2.15. The zero-order valence-electron chi connectivity index (χ0n) is 12.2. The summed E-state index contributed by atoms with van der Waals surface area (Å²) < 4.78 is 11.2. The van der Waals surface area contributed by atoms with Gasteiger partial charge in [0.05, 0.1) is 18.2 Å². The van der Waals surface area contributed by atoms with Crippen LogP contribution in [-0.4, -0.2) is 44.9 Å². The van der Waals surface area contributed by atoms with Gasteiger partial charge in [-0.1, -0.05) is 23.7 Å². The van der Waals surface area contributed by atoms with Crippen LogP contribution in [0.25, 0.3) is 0 Å². The van der Waals surface area contributed by atoms with Gasteiger partial charge in [0.15, 0.2) is 0 Å². The first-order chi connectivity index (χ1) is 9.75. The number of rotatable bonds is 7. The molecule has 0 amide bonds. The fourth-order valence-electron chi connectivity index (χ4n) is 2.56. The van der Waals surface area contributed by atoms with Crippen LogP contribution in [0.4, 0.5) is 0 Å². The quantitative estimate of drug-likeness (QED) is 0.719. The summed E-state index contributed by atoms with van der Waals surface area (Å²) in [5.74, 6) is 1.47. The zero-order chi connectivity index (χ0) is 14.2. The van der Waals surface area contributed by atoms with Gasteiger partial charge >= 0.3 is 0 Å². The minimum atomic E-state index is 0.681. The van der Waals surface area contributed by atoms with E-state index in [2.05, 4.69) is 11.9 Å². The largest absolute Gasteiger partial charge is 0.492 e. The van der Waals surface area contributed by atoms with E-state index in [4.69, 9.17) is 21.1 Å². The molecule has 0 radical (unpaired) electrons. The van der Waals surface area contributed by atoms with Crippen molar-refractivity contribution < 1.29 is 9.47 Å². The number of para-hydroxylation sites is 1. The predicted molar refractivity (Wildman–Crippen MR) is 82.6 cm³/mol. The Hall–Kier alpha value is -0.770. The number of benzene rings is 1. The fourth-order valence-corrected chi connectivity index (χ4v) is 2.75. The van der Waals surface area contributed by atoms with E-state index in [0.717, 1.165) is 38.5 Å². The summed E-state index contributed by atoms with van der Waals surface area (Å²) in [6.07, 6.45) is 3.50. The van der Waals surface area contributed by atoms with Crippen LogP contribution in [0.1, 0.15) is 19.3 Å². The molecular weight excluding hydrogens is 274 g/mol. The molecule has 1 aromatic carbocycles. The minimum absolute atomic E-state index is 0.681. The summed E-state index contributed by atoms with van der Waals surface area (Å²) in [4.78, 5) is 2.37. The average molecular weight is 298 g/mol. The van der Waals surface area contributed by atoms with Crippen LogP contribution in [-0.2, 0) is 4.74 Å². The van der Waals surface area contributed by atoms with Gasteiger partial charge < -0.3 is 14.4 Å². The van der Waals surface area contributed by atoms with Crippen molar-refractivity contribution in [2.24, 2.45) is 5.92 Å². The van der Waals surface area contributed by atoms with Crippen molar-refractivity contribution in [2.75, 3.05) is 40.0 Å². The second kappa shape index (κ2) is 8.50. The molecule has 0 spiro atoms. The van der Waals surface area contributed by atoms with Crippen LogP contribution in [0.2, 0.25) is 5.02 Å². The van der Waals surface area contributed by atoms with Crippen LogP contribution in [0.5, 0.6) is 5.75 Å². The fraction of sp³-hybridized carbons (Fsp3) is 0.625. The molecule has 0 bridgehead atoms. The van der Waals surface area contributed by atoms with Crippen LogP contribution in [0.3, 0.4) is 0 Å². The molecule has 0 saturated carbocycles. The van der Waals surface area contributed by atoms with Crippen LogP contribution in [0.15, 0.2) is 24.3 Å². The van der Waals surface area contributed by atoms with Gasteiger partial charge in [-0.05, 0) is 44.4 Å². The number of hydrogen-bond donors (Lipinski definition) is 0. The smallest absolute Gasteiger partial charge is 0.137 e. The Kier molecular flexibility index (Phi) is 6.64. The van der Waals surface area contributed by atoms with Crippen molar-refractivity contribution in [3.63, 3.8) is 0 Å². The molecule has 1 atom stereocenters. The summed E-state index contributed by atoms with van der Waals surface area (Å²) >= 11 is 6.05. The van der Waals surface area contributed by atoms with Crippen molar-refractivity contribution >= 4 is 11.6 Å². The first kappa shape index (κ1) is 15.6. The molecular formula is C16H24ClNO2. The molecule has 1 aliphatic heterocycles. The van der Waals surface area contributed by atoms with Gasteiger partial charge in [0.2, 0.25) is 0 Å². The molecule has 1 saturated heterocycles. The third-order valence-electron chi connectivity index (χ3n) is 3.60. The molecule has 4 heteroatoms. The van der Waals surface area contributed by atoms with E-state index in [-0.39, 0.29) is 0 Å². The van der Waals surface area contributed by atoms with Gasteiger partial charge in [-0.25, -0.2) is 0 Å². The Balaban J connectivity index is 1.59. The summed E-state index contributed by atoms with van der Waals surface area (Å²) in [6, 6.07) is 7.61. The third kappa shape index (κ3) is 5.31. The van der Waals surface area contributed by atoms with Crippen molar-refractivity contribution in [1.82, 2.24) is 4.90 Å². The molecule has 1 aliphatic rings. The van der Waals surface area contributed by atoms with Gasteiger partial charge in [-0.3, -0.25) is 0 Å². The van der Waals surface area contributed by atoms with Gasteiger partial charge in [0, 0.05) is 19.7 Å². The molecule has 20 heavy (non-hydrogen) atoms. The third-order valence-corrected chi connectivity index (χ3v) is 3.92. The van der Waals surface area contributed by atoms with E-state index in [1.165, 1.54) is 12.8 Å². The lowest BCUT2D eigenvalue weighted by atomic mass is 10.0. The number of ether oxygens (including phenoxy) is 2. The molecule has 112 valence electrons. The molecule has 1 fully saturated rings. The van der Waals surface area contributed by atoms with Crippen LogP contribution >= 0.6 is 11.6 Å². The molecule has 1 heterocycles. The van der Waals surface area contributed by atoms with E-state index in [9.17, 15) is 0 Å². The van der Waals surface area contributed by atoms with E-state index in [1.54, 1.807) is 0 Å². The van der Waals surface area contributed by atoms with Gasteiger partial charge in [0.1, 0.15) is 5.75 Å². The SMILES string of the molecule is CN(CCCOc1ccccc1Cl)C[C@@H]1CCCOC1. The van der Waals surface area contributed by atoms with E-state index < -0.39 is 0 Å². The number of nitrogens with zero attached hydrogens (tertiary/aromatic N) is 1. The van der Waals surface area contributed by atoms with Gasteiger partial charge in [-0.2, -0.15) is 0 Å². The lowest BCUT2D eigenvalue weighted by Gasteiger charge is -2.27. The second-order valence-corrected chi connectivity index (χ2v) is 5.89. The van der Waals surface area contributed by atoms with Crippen LogP contribution < -0.4 is 4.74 Å². The highest BCUT2D eigenvalue weighted by Crippen LogP contribution is 2.23. The van der Waals surface area contributed by atoms with Crippen molar-refractivity contribution in [1.29, 1.82) is 0 Å². The topological polar surface area (TPSA) is 21.7 Å². The van der Waals surface area contributed by atoms with Crippen molar-refractivity contribution in [2.45, 2.75) is 19.3 Å². The standard InChI is InChI=1S/C16H24ClNO2/c1-18(12-14-6-4-10-19-13-14)9-5-11-20-16-8-3-2-7-15(16)17/h2-3,7-8,14H,4-6,9-13H2,1H3/t14-/m0/s1. The normalized spacial score (nSPS) is 19.2. The lowest BCUT2D eigenvalue weighted by Crippen LogP contribution is -2.32. The molecule has 3 nitrogen and oxygen atoms in total.